The summed E-state index contributed by atoms with van der Waals surface area (Å²) in [5.41, 5.74) is 6.54. The molecule has 0 aliphatic carbocycles. The van der Waals surface area contributed by atoms with Gasteiger partial charge in [-0.3, -0.25) is 19.3 Å². The van der Waals surface area contributed by atoms with Crippen LogP contribution < -0.4 is 16.4 Å². The molecule has 0 radical (unpaired) electrons. The van der Waals surface area contributed by atoms with Gasteiger partial charge in [0.15, 0.2) is 0 Å². The Balaban J connectivity index is 1.90. The van der Waals surface area contributed by atoms with E-state index < -0.39 is 11.8 Å². The minimum atomic E-state index is -0.678. The lowest BCUT2D eigenvalue weighted by Crippen LogP contribution is -2.52. The van der Waals surface area contributed by atoms with Gasteiger partial charge in [0.1, 0.15) is 0 Å². The van der Waals surface area contributed by atoms with Crippen molar-refractivity contribution in [3.8, 4) is 0 Å². The highest BCUT2D eigenvalue weighted by Gasteiger charge is 2.25. The second-order valence-corrected chi connectivity index (χ2v) is 5.64. The van der Waals surface area contributed by atoms with Crippen LogP contribution in [0.3, 0.4) is 0 Å². The number of piperazine rings is 1. The molecule has 2 rings (SSSR count). The van der Waals surface area contributed by atoms with Crippen molar-refractivity contribution in [2.75, 3.05) is 49.9 Å². The van der Waals surface area contributed by atoms with Gasteiger partial charge in [0.05, 0.1) is 0 Å². The molecule has 0 saturated carbocycles. The van der Waals surface area contributed by atoms with Gasteiger partial charge in [0, 0.05) is 57.6 Å². The van der Waals surface area contributed by atoms with Crippen molar-refractivity contribution in [2.24, 2.45) is 5.73 Å². The summed E-state index contributed by atoms with van der Waals surface area (Å²) in [7, 11) is 0. The maximum Gasteiger partial charge on any atom is 0.313 e. The normalized spacial score (nSPS) is 15.0. The van der Waals surface area contributed by atoms with Crippen molar-refractivity contribution in [1.29, 1.82) is 0 Å². The molecular weight excluding hydrogens is 310 g/mol. The largest absolute Gasteiger partial charge is 0.332 e. The summed E-state index contributed by atoms with van der Waals surface area (Å²) in [6, 6.07) is 6.66. The Hall–Kier alpha value is -2.45. The molecular formula is C16H23N5O3. The molecule has 1 aliphatic heterocycles. The molecule has 1 saturated heterocycles. The number of rotatable bonds is 4. The summed E-state index contributed by atoms with van der Waals surface area (Å²) in [6.45, 7) is 5.24. The van der Waals surface area contributed by atoms with Crippen LogP contribution in [0.1, 0.15) is 6.92 Å². The van der Waals surface area contributed by atoms with Gasteiger partial charge in [-0.15, -0.1) is 0 Å². The average Bonchev–Trinajstić information content (AvgIpc) is 2.55. The summed E-state index contributed by atoms with van der Waals surface area (Å²) in [5, 5.41) is 5.20. The number of nitrogens with one attached hydrogen (secondary N) is 2. The number of benzene rings is 1. The Labute approximate surface area is 141 Å². The summed E-state index contributed by atoms with van der Waals surface area (Å²) < 4.78 is 0. The Morgan fingerprint density at radius 1 is 1.08 bits per heavy atom. The van der Waals surface area contributed by atoms with Crippen LogP contribution in [0.15, 0.2) is 24.3 Å². The number of carbonyl (C=O) groups is 3. The van der Waals surface area contributed by atoms with Gasteiger partial charge < -0.3 is 21.3 Å². The van der Waals surface area contributed by atoms with Crippen molar-refractivity contribution in [1.82, 2.24) is 9.80 Å². The minimum Gasteiger partial charge on any atom is -0.332 e. The molecule has 1 heterocycles. The number of carbonyl (C=O) groups excluding carboxylic acids is 3. The topological polar surface area (TPSA) is 108 Å². The van der Waals surface area contributed by atoms with Crippen molar-refractivity contribution >= 4 is 29.1 Å². The molecule has 4 N–H and O–H groups in total. The van der Waals surface area contributed by atoms with E-state index in [0.717, 1.165) is 6.54 Å². The zero-order chi connectivity index (χ0) is 17.5. The summed E-state index contributed by atoms with van der Waals surface area (Å²) in [6.07, 6.45) is 0. The zero-order valence-electron chi connectivity index (χ0n) is 13.7. The van der Waals surface area contributed by atoms with Crippen molar-refractivity contribution in [2.45, 2.75) is 6.92 Å². The highest BCUT2D eigenvalue weighted by molar-refractivity contribution is 6.39. The molecule has 1 fully saturated rings. The molecule has 0 spiro atoms. The molecule has 3 amide bonds. The summed E-state index contributed by atoms with van der Waals surface area (Å²) in [5.74, 6) is -1.43. The first kappa shape index (κ1) is 17.9. The van der Waals surface area contributed by atoms with Crippen LogP contribution in [0.25, 0.3) is 0 Å². The van der Waals surface area contributed by atoms with Crippen LogP contribution in [0.4, 0.5) is 11.4 Å². The van der Waals surface area contributed by atoms with Gasteiger partial charge in [-0.25, -0.2) is 0 Å². The maximum absolute atomic E-state index is 12.2. The smallest absolute Gasteiger partial charge is 0.313 e. The summed E-state index contributed by atoms with van der Waals surface area (Å²) in [4.78, 5) is 39.1. The number of hydrogen-bond acceptors (Lipinski definition) is 5. The van der Waals surface area contributed by atoms with E-state index in [4.69, 9.17) is 5.73 Å². The molecule has 0 atom stereocenters. The molecule has 1 aromatic carbocycles. The highest BCUT2D eigenvalue weighted by atomic mass is 16.2. The molecule has 130 valence electrons. The number of anilines is 2. The molecule has 1 aliphatic rings. The van der Waals surface area contributed by atoms with Crippen molar-refractivity contribution in [3.63, 3.8) is 0 Å². The van der Waals surface area contributed by atoms with E-state index in [2.05, 4.69) is 15.5 Å². The van der Waals surface area contributed by atoms with Gasteiger partial charge >= 0.3 is 11.8 Å². The van der Waals surface area contributed by atoms with Crippen LogP contribution in [0.5, 0.6) is 0 Å². The second kappa shape index (κ2) is 8.42. The SMILES string of the molecule is CC(=O)Nc1cccc(NC(=O)C(=O)N2CCN(CCN)CC2)c1. The monoisotopic (exact) mass is 333 g/mol. The second-order valence-electron chi connectivity index (χ2n) is 5.64. The predicted octanol–water partition coefficient (Wildman–Crippen LogP) is -0.314. The van der Waals surface area contributed by atoms with Crippen LogP contribution in [0.2, 0.25) is 0 Å². The lowest BCUT2D eigenvalue weighted by atomic mass is 10.2. The molecule has 0 bridgehead atoms. The predicted molar refractivity (Wildman–Crippen MR) is 91.4 cm³/mol. The third kappa shape index (κ3) is 5.04. The molecule has 0 aromatic heterocycles. The summed E-state index contributed by atoms with van der Waals surface area (Å²) >= 11 is 0. The highest BCUT2D eigenvalue weighted by Crippen LogP contribution is 2.15. The van der Waals surface area contributed by atoms with E-state index in [1.54, 1.807) is 29.2 Å². The number of hydrogen-bond donors (Lipinski definition) is 3. The fourth-order valence-electron chi connectivity index (χ4n) is 2.56. The Bertz CT molecular complexity index is 611. The Morgan fingerprint density at radius 3 is 2.29 bits per heavy atom. The van der Waals surface area contributed by atoms with Gasteiger partial charge in [0.2, 0.25) is 5.91 Å². The van der Waals surface area contributed by atoms with Crippen LogP contribution in [-0.4, -0.2) is 66.8 Å². The standard InChI is InChI=1S/C16H23N5O3/c1-12(22)18-13-3-2-4-14(11-13)19-15(23)16(24)21-9-7-20(6-5-17)8-10-21/h2-4,11H,5-10,17H2,1H3,(H,18,22)(H,19,23). The van der Waals surface area contributed by atoms with Crippen LogP contribution in [0, 0.1) is 0 Å². The third-order valence-electron chi connectivity index (χ3n) is 3.74. The van der Waals surface area contributed by atoms with E-state index in [9.17, 15) is 14.4 Å². The molecule has 1 aromatic rings. The first-order valence-corrected chi connectivity index (χ1v) is 7.90. The van der Waals surface area contributed by atoms with Crippen molar-refractivity contribution < 1.29 is 14.4 Å². The number of amides is 3. The first-order chi connectivity index (χ1) is 11.5. The molecule has 8 heteroatoms. The van der Waals surface area contributed by atoms with Gasteiger partial charge in [0.25, 0.3) is 0 Å². The third-order valence-corrected chi connectivity index (χ3v) is 3.74. The van der Waals surface area contributed by atoms with Gasteiger partial charge in [-0.2, -0.15) is 0 Å². The Kier molecular flexibility index (Phi) is 6.28. The number of nitrogens with two attached hydrogens (primary N) is 1. The van der Waals surface area contributed by atoms with Gasteiger partial charge in [-0.1, -0.05) is 6.07 Å². The molecule has 8 nitrogen and oxygen atoms in total. The van der Waals surface area contributed by atoms with E-state index in [-0.39, 0.29) is 5.91 Å². The minimum absolute atomic E-state index is 0.204. The fourth-order valence-corrected chi connectivity index (χ4v) is 2.56. The van der Waals surface area contributed by atoms with E-state index in [1.165, 1.54) is 6.92 Å². The Morgan fingerprint density at radius 2 is 1.71 bits per heavy atom. The van der Waals surface area contributed by atoms with E-state index in [0.29, 0.717) is 44.1 Å². The fraction of sp³-hybridized carbons (Fsp3) is 0.438. The van der Waals surface area contributed by atoms with E-state index in [1.807, 2.05) is 0 Å². The lowest BCUT2D eigenvalue weighted by Gasteiger charge is -2.34. The number of nitrogens with zero attached hydrogens (tertiary/aromatic N) is 2. The maximum atomic E-state index is 12.2. The van der Waals surface area contributed by atoms with Crippen molar-refractivity contribution in [3.05, 3.63) is 24.3 Å². The molecule has 0 unspecified atom stereocenters. The zero-order valence-corrected chi connectivity index (χ0v) is 13.7. The quantitative estimate of drug-likeness (QED) is 0.655. The van der Waals surface area contributed by atoms with Crippen LogP contribution in [-0.2, 0) is 14.4 Å². The molecule has 24 heavy (non-hydrogen) atoms. The lowest BCUT2D eigenvalue weighted by molar-refractivity contribution is -0.144. The van der Waals surface area contributed by atoms with Gasteiger partial charge in [-0.05, 0) is 18.2 Å². The van der Waals surface area contributed by atoms with E-state index >= 15 is 0 Å². The average molecular weight is 333 g/mol. The van der Waals surface area contributed by atoms with Crippen LogP contribution >= 0.6 is 0 Å². The first-order valence-electron chi connectivity index (χ1n) is 7.90.